The summed E-state index contributed by atoms with van der Waals surface area (Å²) in [5.74, 6) is 0.358. The summed E-state index contributed by atoms with van der Waals surface area (Å²) < 4.78 is 6.61. The monoisotopic (exact) mass is 418 g/mol. The molecule has 2 aromatic carbocycles. The number of hydrogen-bond donors (Lipinski definition) is 1. The van der Waals surface area contributed by atoms with Crippen molar-refractivity contribution in [2.24, 2.45) is 0 Å². The quantitative estimate of drug-likeness (QED) is 0.749. The molecule has 0 aliphatic heterocycles. The van der Waals surface area contributed by atoms with Crippen LogP contribution in [0.2, 0.25) is 0 Å². The summed E-state index contributed by atoms with van der Waals surface area (Å²) in [4.78, 5) is 25.7. The first-order chi connectivity index (χ1) is 12.3. The van der Waals surface area contributed by atoms with Crippen LogP contribution in [0.1, 0.15) is 21.5 Å². The maximum atomic E-state index is 12.1. The third-order valence-corrected chi connectivity index (χ3v) is 4.35. The second-order valence-electron chi connectivity index (χ2n) is 6.18. The number of hydrogen-bond acceptors (Lipinski definition) is 3. The van der Waals surface area contributed by atoms with Gasteiger partial charge >= 0.3 is 0 Å². The van der Waals surface area contributed by atoms with Gasteiger partial charge in [-0.1, -0.05) is 22.0 Å². The van der Waals surface area contributed by atoms with Gasteiger partial charge in [-0.2, -0.15) is 0 Å². The van der Waals surface area contributed by atoms with E-state index in [9.17, 15) is 9.59 Å². The predicted octanol–water partition coefficient (Wildman–Crippen LogP) is 3.33. The lowest BCUT2D eigenvalue weighted by molar-refractivity contribution is -0.129. The van der Waals surface area contributed by atoms with Gasteiger partial charge in [0, 0.05) is 17.1 Å². The van der Waals surface area contributed by atoms with E-state index in [-0.39, 0.29) is 18.4 Å². The van der Waals surface area contributed by atoms with E-state index < -0.39 is 0 Å². The minimum atomic E-state index is -0.272. The van der Waals surface area contributed by atoms with Crippen LogP contribution in [0.5, 0.6) is 5.75 Å². The Labute approximate surface area is 162 Å². The van der Waals surface area contributed by atoms with E-state index in [4.69, 9.17) is 4.74 Å². The number of ether oxygens (including phenoxy) is 1. The average Bonchev–Trinajstić information content (AvgIpc) is 2.59. The van der Waals surface area contributed by atoms with Crippen molar-refractivity contribution < 1.29 is 14.3 Å². The molecule has 2 aromatic rings. The summed E-state index contributed by atoms with van der Waals surface area (Å²) in [6.45, 7) is 4.83. The fraction of sp³-hybridized carbons (Fsp3) is 0.300. The highest BCUT2D eigenvalue weighted by Gasteiger charge is 2.12. The van der Waals surface area contributed by atoms with Crippen LogP contribution in [0, 0.1) is 13.8 Å². The maximum Gasteiger partial charge on any atom is 0.251 e. The van der Waals surface area contributed by atoms with Crippen molar-refractivity contribution in [3.8, 4) is 5.75 Å². The molecule has 0 heterocycles. The Morgan fingerprint density at radius 2 is 1.69 bits per heavy atom. The third-order valence-electron chi connectivity index (χ3n) is 3.82. The summed E-state index contributed by atoms with van der Waals surface area (Å²) >= 11 is 3.32. The molecule has 5 nitrogen and oxygen atoms in total. The highest BCUT2D eigenvalue weighted by atomic mass is 79.9. The van der Waals surface area contributed by atoms with Gasteiger partial charge in [-0.05, 0) is 61.4 Å². The molecule has 6 heteroatoms. The second kappa shape index (κ2) is 9.38. The maximum absolute atomic E-state index is 12.1. The minimum Gasteiger partial charge on any atom is -0.492 e. The molecule has 138 valence electrons. The summed E-state index contributed by atoms with van der Waals surface area (Å²) in [5, 5.41) is 2.64. The first-order valence-corrected chi connectivity index (χ1v) is 9.13. The standard InChI is InChI=1S/C20H23BrN2O3/c1-14-10-15(2)12-18(11-14)26-9-8-23(3)19(24)13-22-20(25)16-4-6-17(21)7-5-16/h4-7,10-12H,8-9,13H2,1-3H3,(H,22,25). The molecule has 0 aliphatic carbocycles. The normalized spacial score (nSPS) is 10.3. The van der Waals surface area contributed by atoms with Crippen molar-refractivity contribution >= 4 is 27.7 Å². The van der Waals surface area contributed by atoms with Gasteiger partial charge in [-0.3, -0.25) is 9.59 Å². The zero-order valence-electron chi connectivity index (χ0n) is 15.2. The van der Waals surface area contributed by atoms with E-state index in [0.717, 1.165) is 21.3 Å². The molecule has 0 aliphatic rings. The number of halogens is 1. The van der Waals surface area contributed by atoms with Gasteiger partial charge in [0.2, 0.25) is 5.91 Å². The number of rotatable bonds is 7. The van der Waals surface area contributed by atoms with Crippen LogP contribution in [0.4, 0.5) is 0 Å². The van der Waals surface area contributed by atoms with E-state index in [1.807, 2.05) is 26.0 Å². The van der Waals surface area contributed by atoms with E-state index in [1.165, 1.54) is 0 Å². The first-order valence-electron chi connectivity index (χ1n) is 8.34. The van der Waals surface area contributed by atoms with Crippen LogP contribution >= 0.6 is 15.9 Å². The average molecular weight is 419 g/mol. The largest absolute Gasteiger partial charge is 0.492 e. The molecule has 0 saturated carbocycles. The fourth-order valence-corrected chi connectivity index (χ4v) is 2.70. The van der Waals surface area contributed by atoms with Gasteiger partial charge in [0.25, 0.3) is 5.91 Å². The molecule has 2 amide bonds. The van der Waals surface area contributed by atoms with E-state index in [1.54, 1.807) is 36.2 Å². The van der Waals surface area contributed by atoms with Gasteiger partial charge in [-0.15, -0.1) is 0 Å². The minimum absolute atomic E-state index is 0.0467. The number of amides is 2. The van der Waals surface area contributed by atoms with Crippen molar-refractivity contribution in [2.45, 2.75) is 13.8 Å². The Kier molecular flexibility index (Phi) is 7.21. The molecule has 0 bridgehead atoms. The second-order valence-corrected chi connectivity index (χ2v) is 7.09. The molecular formula is C20H23BrN2O3. The molecule has 0 atom stereocenters. The number of carbonyl (C=O) groups excluding carboxylic acids is 2. The Hall–Kier alpha value is -2.34. The van der Waals surface area contributed by atoms with Crippen LogP contribution in [0.15, 0.2) is 46.9 Å². The van der Waals surface area contributed by atoms with E-state index in [2.05, 4.69) is 27.3 Å². The zero-order chi connectivity index (χ0) is 19.1. The number of benzene rings is 2. The summed E-state index contributed by atoms with van der Waals surface area (Å²) in [7, 11) is 1.69. The van der Waals surface area contributed by atoms with Crippen LogP contribution < -0.4 is 10.1 Å². The predicted molar refractivity (Wildman–Crippen MR) is 106 cm³/mol. The summed E-state index contributed by atoms with van der Waals surface area (Å²) in [6.07, 6.45) is 0. The summed E-state index contributed by atoms with van der Waals surface area (Å²) in [6, 6.07) is 13.0. The number of carbonyl (C=O) groups is 2. The molecule has 0 unspecified atom stereocenters. The lowest BCUT2D eigenvalue weighted by Gasteiger charge is -2.18. The van der Waals surface area contributed by atoms with Gasteiger partial charge in [0.05, 0.1) is 13.1 Å². The Morgan fingerprint density at radius 1 is 1.08 bits per heavy atom. The van der Waals surface area contributed by atoms with Gasteiger partial charge in [0.15, 0.2) is 0 Å². The molecule has 2 rings (SSSR count). The molecule has 0 radical (unpaired) electrons. The SMILES string of the molecule is Cc1cc(C)cc(OCCN(C)C(=O)CNC(=O)c2ccc(Br)cc2)c1. The lowest BCUT2D eigenvalue weighted by Crippen LogP contribution is -2.39. The zero-order valence-corrected chi connectivity index (χ0v) is 16.8. The highest BCUT2D eigenvalue weighted by molar-refractivity contribution is 9.10. The van der Waals surface area contributed by atoms with Gasteiger partial charge in [0.1, 0.15) is 12.4 Å². The fourth-order valence-electron chi connectivity index (χ4n) is 2.44. The smallest absolute Gasteiger partial charge is 0.251 e. The molecule has 0 fully saturated rings. The van der Waals surface area contributed by atoms with Gasteiger partial charge in [-0.25, -0.2) is 0 Å². The van der Waals surface area contributed by atoms with Crippen molar-refractivity contribution in [3.05, 3.63) is 63.6 Å². The molecular weight excluding hydrogens is 396 g/mol. The number of likely N-dealkylation sites (N-methyl/N-ethyl adjacent to an activating group) is 1. The molecule has 0 spiro atoms. The Bertz CT molecular complexity index is 755. The van der Waals surface area contributed by atoms with Crippen LogP contribution in [-0.2, 0) is 4.79 Å². The first kappa shape index (κ1) is 20.0. The van der Waals surface area contributed by atoms with Crippen molar-refractivity contribution in [2.75, 3.05) is 26.7 Å². The highest BCUT2D eigenvalue weighted by Crippen LogP contribution is 2.16. The molecule has 1 N–H and O–H groups in total. The Morgan fingerprint density at radius 3 is 2.31 bits per heavy atom. The topological polar surface area (TPSA) is 58.6 Å². The summed E-state index contributed by atoms with van der Waals surface area (Å²) in [5.41, 5.74) is 2.79. The van der Waals surface area contributed by atoms with E-state index in [0.29, 0.717) is 18.7 Å². The molecule has 0 aromatic heterocycles. The number of aryl methyl sites for hydroxylation is 2. The molecule has 26 heavy (non-hydrogen) atoms. The number of nitrogens with zero attached hydrogens (tertiary/aromatic N) is 1. The van der Waals surface area contributed by atoms with Crippen molar-refractivity contribution in [3.63, 3.8) is 0 Å². The third kappa shape index (κ3) is 6.19. The van der Waals surface area contributed by atoms with Crippen LogP contribution in [0.3, 0.4) is 0 Å². The van der Waals surface area contributed by atoms with Crippen LogP contribution in [-0.4, -0.2) is 43.5 Å². The van der Waals surface area contributed by atoms with Gasteiger partial charge < -0.3 is 15.0 Å². The molecule has 0 saturated heterocycles. The van der Waals surface area contributed by atoms with Crippen molar-refractivity contribution in [1.82, 2.24) is 10.2 Å². The number of nitrogens with one attached hydrogen (secondary N) is 1. The lowest BCUT2D eigenvalue weighted by atomic mass is 10.1. The van der Waals surface area contributed by atoms with Crippen molar-refractivity contribution in [1.29, 1.82) is 0 Å². The van der Waals surface area contributed by atoms with E-state index >= 15 is 0 Å². The Balaban J connectivity index is 1.74. The van der Waals surface area contributed by atoms with Crippen LogP contribution in [0.25, 0.3) is 0 Å².